The number of furan rings is 1. The van der Waals surface area contributed by atoms with Crippen molar-refractivity contribution in [1.29, 1.82) is 0 Å². The summed E-state index contributed by atoms with van der Waals surface area (Å²) in [7, 11) is -3.60. The van der Waals surface area contributed by atoms with Crippen LogP contribution in [0.4, 0.5) is 5.69 Å². The predicted octanol–water partition coefficient (Wildman–Crippen LogP) is 2.18. The van der Waals surface area contributed by atoms with Crippen LogP contribution in [0.5, 0.6) is 0 Å². The molecule has 1 saturated heterocycles. The number of cyclic esters (lactones) is 1. The summed E-state index contributed by atoms with van der Waals surface area (Å²) in [5.74, 6) is -1.20. The smallest absolute Gasteiger partial charge is 0.310 e. The van der Waals surface area contributed by atoms with Crippen molar-refractivity contribution < 1.29 is 27.2 Å². The first-order chi connectivity index (χ1) is 11.9. The van der Waals surface area contributed by atoms with E-state index in [1.54, 1.807) is 13.0 Å². The summed E-state index contributed by atoms with van der Waals surface area (Å²) in [6.07, 6.45) is 1.84. The van der Waals surface area contributed by atoms with E-state index in [-0.39, 0.29) is 23.2 Å². The molecule has 3 rings (SSSR count). The fourth-order valence-corrected chi connectivity index (χ4v) is 4.19. The first kappa shape index (κ1) is 17.2. The second-order valence-corrected chi connectivity index (χ2v) is 7.84. The van der Waals surface area contributed by atoms with Gasteiger partial charge in [-0.15, -0.1) is 0 Å². The van der Waals surface area contributed by atoms with E-state index in [1.165, 1.54) is 30.5 Å². The van der Waals surface area contributed by atoms with Crippen LogP contribution in [0.15, 0.2) is 45.9 Å². The fraction of sp³-hybridized carbons (Fsp3) is 0.294. The van der Waals surface area contributed by atoms with Gasteiger partial charge in [-0.05, 0) is 43.7 Å². The third-order valence-corrected chi connectivity index (χ3v) is 5.87. The Morgan fingerprint density at radius 3 is 2.52 bits per heavy atom. The molecule has 8 heteroatoms. The molecule has 0 aliphatic carbocycles. The number of aryl methyl sites for hydroxylation is 1. The summed E-state index contributed by atoms with van der Waals surface area (Å²) in [5, 5.41) is 2.68. The summed E-state index contributed by atoms with van der Waals surface area (Å²) >= 11 is 0. The Kier molecular flexibility index (Phi) is 4.63. The van der Waals surface area contributed by atoms with Crippen LogP contribution in [0.1, 0.15) is 22.5 Å². The average Bonchev–Trinajstić information content (AvgIpc) is 3.16. The quantitative estimate of drug-likeness (QED) is 0.817. The minimum Gasteiger partial charge on any atom is -0.469 e. The number of benzene rings is 1. The van der Waals surface area contributed by atoms with Crippen LogP contribution in [0.2, 0.25) is 0 Å². The monoisotopic (exact) mass is 363 g/mol. The van der Waals surface area contributed by atoms with E-state index in [0.29, 0.717) is 23.4 Å². The van der Waals surface area contributed by atoms with Crippen molar-refractivity contribution in [2.45, 2.75) is 18.2 Å². The van der Waals surface area contributed by atoms with E-state index in [0.717, 1.165) is 0 Å². The molecule has 0 spiro atoms. The SMILES string of the molecule is Cc1occc1C(=O)Nc1ccc(S(=O)(=O)CC2CCOC2=O)cc1. The average molecular weight is 363 g/mol. The standard InChI is InChI=1S/C17H17NO6S/c1-11-15(7-9-23-11)16(19)18-13-2-4-14(5-3-13)25(21,22)10-12-6-8-24-17(12)20/h2-5,7,9,12H,6,8,10H2,1H3,(H,18,19). The molecular weight excluding hydrogens is 346 g/mol. The number of ether oxygens (including phenoxy) is 1. The van der Waals surface area contributed by atoms with Gasteiger partial charge in [-0.3, -0.25) is 9.59 Å². The van der Waals surface area contributed by atoms with Gasteiger partial charge in [0.1, 0.15) is 5.76 Å². The molecule has 1 unspecified atom stereocenters. The lowest BCUT2D eigenvalue weighted by Gasteiger charge is -2.09. The third-order valence-electron chi connectivity index (χ3n) is 4.04. The molecule has 1 atom stereocenters. The van der Waals surface area contributed by atoms with Crippen molar-refractivity contribution >= 4 is 27.4 Å². The summed E-state index contributed by atoms with van der Waals surface area (Å²) in [5.41, 5.74) is 0.876. The number of nitrogens with one attached hydrogen (secondary N) is 1. The molecule has 132 valence electrons. The van der Waals surface area contributed by atoms with E-state index >= 15 is 0 Å². The van der Waals surface area contributed by atoms with Crippen molar-refractivity contribution in [2.24, 2.45) is 5.92 Å². The second-order valence-electron chi connectivity index (χ2n) is 5.80. The van der Waals surface area contributed by atoms with Crippen LogP contribution in [0.3, 0.4) is 0 Å². The highest BCUT2D eigenvalue weighted by Gasteiger charge is 2.32. The maximum atomic E-state index is 12.4. The molecular formula is C17H17NO6S. The maximum Gasteiger partial charge on any atom is 0.310 e. The number of esters is 1. The summed E-state index contributed by atoms with van der Waals surface area (Å²) in [4.78, 5) is 23.7. The molecule has 2 heterocycles. The van der Waals surface area contributed by atoms with Gasteiger partial charge in [0.05, 0.1) is 35.0 Å². The molecule has 2 aromatic rings. The Morgan fingerprint density at radius 2 is 1.96 bits per heavy atom. The second kappa shape index (κ2) is 6.72. The van der Waals surface area contributed by atoms with Gasteiger partial charge < -0.3 is 14.5 Å². The molecule has 1 amide bonds. The lowest BCUT2D eigenvalue weighted by Crippen LogP contribution is -2.20. The normalized spacial score (nSPS) is 17.3. The highest BCUT2D eigenvalue weighted by molar-refractivity contribution is 7.91. The van der Waals surface area contributed by atoms with Gasteiger partial charge in [0.2, 0.25) is 0 Å². The number of sulfone groups is 1. The molecule has 1 aliphatic rings. The summed E-state index contributed by atoms with van der Waals surface area (Å²) in [6.45, 7) is 1.94. The van der Waals surface area contributed by atoms with E-state index in [1.807, 2.05) is 0 Å². The van der Waals surface area contributed by atoms with Gasteiger partial charge in [-0.1, -0.05) is 0 Å². The van der Waals surface area contributed by atoms with Gasteiger partial charge in [-0.25, -0.2) is 8.42 Å². The zero-order chi connectivity index (χ0) is 18.0. The van der Waals surface area contributed by atoms with Crippen LogP contribution < -0.4 is 5.32 Å². The Morgan fingerprint density at radius 1 is 1.24 bits per heavy atom. The molecule has 0 saturated carbocycles. The Bertz CT molecular complexity index is 897. The molecule has 25 heavy (non-hydrogen) atoms. The van der Waals surface area contributed by atoms with Crippen molar-refractivity contribution in [2.75, 3.05) is 17.7 Å². The minimum absolute atomic E-state index is 0.102. The largest absolute Gasteiger partial charge is 0.469 e. The van der Waals surface area contributed by atoms with E-state index < -0.39 is 21.7 Å². The lowest BCUT2D eigenvalue weighted by atomic mass is 10.1. The molecule has 1 aliphatic heterocycles. The van der Waals surface area contributed by atoms with Crippen LogP contribution in [0.25, 0.3) is 0 Å². The fourth-order valence-electron chi connectivity index (χ4n) is 2.61. The summed E-state index contributed by atoms with van der Waals surface area (Å²) in [6, 6.07) is 7.39. The predicted molar refractivity (Wildman–Crippen MR) is 89.0 cm³/mol. The molecule has 1 aromatic carbocycles. The maximum absolute atomic E-state index is 12.4. The third kappa shape index (κ3) is 3.74. The first-order valence-electron chi connectivity index (χ1n) is 7.72. The zero-order valence-corrected chi connectivity index (χ0v) is 14.3. The van der Waals surface area contributed by atoms with Crippen LogP contribution in [-0.4, -0.2) is 32.7 Å². The summed E-state index contributed by atoms with van der Waals surface area (Å²) < 4.78 is 34.7. The van der Waals surface area contributed by atoms with Crippen LogP contribution >= 0.6 is 0 Å². The van der Waals surface area contributed by atoms with Crippen molar-refractivity contribution in [3.05, 3.63) is 47.9 Å². The number of hydrogen-bond acceptors (Lipinski definition) is 6. The minimum atomic E-state index is -3.60. The topological polar surface area (TPSA) is 103 Å². The number of hydrogen-bond donors (Lipinski definition) is 1. The van der Waals surface area contributed by atoms with Crippen molar-refractivity contribution in [3.63, 3.8) is 0 Å². The Balaban J connectivity index is 1.70. The first-order valence-corrected chi connectivity index (χ1v) is 9.37. The Labute approximate surface area is 144 Å². The number of amides is 1. The molecule has 7 nitrogen and oxygen atoms in total. The van der Waals surface area contributed by atoms with E-state index in [4.69, 9.17) is 9.15 Å². The van der Waals surface area contributed by atoms with Gasteiger partial charge in [0.25, 0.3) is 5.91 Å². The lowest BCUT2D eigenvalue weighted by molar-refractivity contribution is -0.140. The highest BCUT2D eigenvalue weighted by atomic mass is 32.2. The van der Waals surface area contributed by atoms with Gasteiger partial charge in [0, 0.05) is 5.69 Å². The Hall–Kier alpha value is -2.61. The molecule has 1 aromatic heterocycles. The molecule has 0 bridgehead atoms. The van der Waals surface area contributed by atoms with E-state index in [2.05, 4.69) is 5.32 Å². The zero-order valence-electron chi connectivity index (χ0n) is 13.5. The number of carbonyl (C=O) groups is 2. The number of carbonyl (C=O) groups excluding carboxylic acids is 2. The van der Waals surface area contributed by atoms with Gasteiger partial charge >= 0.3 is 5.97 Å². The highest BCUT2D eigenvalue weighted by Crippen LogP contribution is 2.22. The molecule has 0 radical (unpaired) electrons. The number of anilines is 1. The number of rotatable bonds is 5. The molecule has 1 fully saturated rings. The van der Waals surface area contributed by atoms with Crippen LogP contribution in [0, 0.1) is 12.8 Å². The van der Waals surface area contributed by atoms with Gasteiger partial charge in [-0.2, -0.15) is 0 Å². The van der Waals surface area contributed by atoms with Gasteiger partial charge in [0.15, 0.2) is 9.84 Å². The van der Waals surface area contributed by atoms with Crippen molar-refractivity contribution in [3.8, 4) is 0 Å². The van der Waals surface area contributed by atoms with E-state index in [9.17, 15) is 18.0 Å². The van der Waals surface area contributed by atoms with Crippen molar-refractivity contribution in [1.82, 2.24) is 0 Å². The molecule has 1 N–H and O–H groups in total. The van der Waals surface area contributed by atoms with Crippen LogP contribution in [-0.2, 0) is 19.4 Å².